The van der Waals surface area contributed by atoms with Gasteiger partial charge in [-0.3, -0.25) is 0 Å². The van der Waals surface area contributed by atoms with Crippen molar-refractivity contribution in [3.05, 3.63) is 65.1 Å². The first-order valence-electron chi connectivity index (χ1n) is 7.12. The molecule has 0 bridgehead atoms. The second-order valence-corrected chi connectivity index (χ2v) is 7.09. The Balaban J connectivity index is 2.42. The van der Waals surface area contributed by atoms with Crippen LogP contribution in [0.25, 0.3) is 6.08 Å². The third-order valence-corrected chi connectivity index (χ3v) is 4.66. The molecule has 0 unspecified atom stereocenters. The molecule has 2 aromatic rings. The van der Waals surface area contributed by atoms with Gasteiger partial charge in [-0.1, -0.05) is 30.3 Å². The van der Waals surface area contributed by atoms with Crippen LogP contribution in [0.2, 0.25) is 0 Å². The molecule has 0 amide bonds. The fourth-order valence-corrected chi connectivity index (χ4v) is 3.18. The minimum absolute atomic E-state index is 0.0118. The molecule has 0 N–H and O–H groups in total. The van der Waals surface area contributed by atoms with Crippen LogP contribution in [0, 0.1) is 11.3 Å². The number of benzene rings is 2. The Hall–Kier alpha value is -2.58. The monoisotopic (exact) mass is 327 g/mol. The minimum atomic E-state index is -3.83. The lowest BCUT2D eigenvalue weighted by atomic mass is 10.2. The van der Waals surface area contributed by atoms with Crippen LogP contribution in [0.4, 0.5) is 0 Å². The zero-order valence-corrected chi connectivity index (χ0v) is 13.7. The lowest BCUT2D eigenvalue weighted by molar-refractivity contribution is 0.242. The van der Waals surface area contributed by atoms with Crippen LogP contribution in [0.5, 0.6) is 5.75 Å². The summed E-state index contributed by atoms with van der Waals surface area (Å²) >= 11 is 0. The van der Waals surface area contributed by atoms with Gasteiger partial charge in [-0.25, -0.2) is 8.42 Å². The Morgan fingerprint density at radius 2 is 1.83 bits per heavy atom. The number of rotatable bonds is 5. The number of allylic oxidation sites excluding steroid dienone is 1. The highest BCUT2D eigenvalue weighted by molar-refractivity contribution is 7.95. The van der Waals surface area contributed by atoms with Crippen molar-refractivity contribution in [2.24, 2.45) is 0 Å². The Kier molecular flexibility index (Phi) is 5.20. The van der Waals surface area contributed by atoms with Crippen molar-refractivity contribution in [1.29, 1.82) is 5.26 Å². The summed E-state index contributed by atoms with van der Waals surface area (Å²) in [4.78, 5) is -0.201. The Bertz CT molecular complexity index is 847. The van der Waals surface area contributed by atoms with Crippen molar-refractivity contribution >= 4 is 15.9 Å². The molecule has 2 rings (SSSR count). The van der Waals surface area contributed by atoms with Gasteiger partial charge in [0.05, 0.1) is 11.0 Å². The van der Waals surface area contributed by atoms with Crippen molar-refractivity contribution < 1.29 is 13.2 Å². The molecule has 0 aliphatic carbocycles. The molecule has 118 valence electrons. The number of nitrogens with zero attached hydrogens (tertiary/aromatic N) is 1. The van der Waals surface area contributed by atoms with Crippen LogP contribution >= 0.6 is 0 Å². The molecule has 0 spiro atoms. The fraction of sp³-hybridized carbons (Fsp3) is 0.167. The van der Waals surface area contributed by atoms with Gasteiger partial charge in [-0.15, -0.1) is 0 Å². The molecule has 5 heteroatoms. The number of hydrogen-bond acceptors (Lipinski definition) is 4. The normalized spacial score (nSPS) is 12.0. The average molecular weight is 327 g/mol. The molecule has 0 atom stereocenters. The molecule has 0 aliphatic heterocycles. The van der Waals surface area contributed by atoms with Crippen molar-refractivity contribution in [1.82, 2.24) is 0 Å². The largest absolute Gasteiger partial charge is 0.491 e. The first-order valence-corrected chi connectivity index (χ1v) is 8.60. The summed E-state index contributed by atoms with van der Waals surface area (Å²) in [5.74, 6) is 0.628. The highest BCUT2D eigenvalue weighted by atomic mass is 32.2. The van der Waals surface area contributed by atoms with Crippen molar-refractivity contribution in [2.45, 2.75) is 24.8 Å². The zero-order chi connectivity index (χ0) is 16.9. The second-order valence-electron chi connectivity index (χ2n) is 5.18. The summed E-state index contributed by atoms with van der Waals surface area (Å²) in [5.41, 5.74) is 0.596. The maximum atomic E-state index is 12.5. The van der Waals surface area contributed by atoms with E-state index in [1.54, 1.807) is 48.5 Å². The highest BCUT2D eigenvalue weighted by Gasteiger charge is 2.20. The quantitative estimate of drug-likeness (QED) is 0.783. The van der Waals surface area contributed by atoms with Gasteiger partial charge in [0.2, 0.25) is 9.84 Å². The molecule has 0 fully saturated rings. The van der Waals surface area contributed by atoms with Gasteiger partial charge in [-0.05, 0) is 49.8 Å². The van der Waals surface area contributed by atoms with Crippen LogP contribution in [0.15, 0.2) is 64.4 Å². The number of hydrogen-bond donors (Lipinski definition) is 0. The number of sulfone groups is 1. The smallest absolute Gasteiger partial charge is 0.216 e. The molecular weight excluding hydrogens is 310 g/mol. The molecule has 0 aromatic heterocycles. The summed E-state index contributed by atoms with van der Waals surface area (Å²) in [7, 11) is -3.83. The SMILES string of the molecule is CC(C)Oc1cccc(C=C(C#N)S(=O)(=O)c2ccccc2)c1. The van der Waals surface area contributed by atoms with Gasteiger partial charge in [0.25, 0.3) is 0 Å². The topological polar surface area (TPSA) is 67.2 Å². The van der Waals surface area contributed by atoms with E-state index < -0.39 is 9.84 Å². The van der Waals surface area contributed by atoms with Crippen LogP contribution in [0.1, 0.15) is 19.4 Å². The maximum Gasteiger partial charge on any atom is 0.216 e. The Morgan fingerprint density at radius 1 is 1.13 bits per heavy atom. The van der Waals surface area contributed by atoms with Crippen molar-refractivity contribution in [3.63, 3.8) is 0 Å². The standard InChI is InChI=1S/C18H17NO3S/c1-14(2)22-16-8-6-7-15(11-16)12-18(13-19)23(20,21)17-9-4-3-5-10-17/h3-12,14H,1-2H3. The van der Waals surface area contributed by atoms with Gasteiger partial charge in [0, 0.05) is 0 Å². The molecule has 23 heavy (non-hydrogen) atoms. The molecule has 0 heterocycles. The van der Waals surface area contributed by atoms with E-state index >= 15 is 0 Å². The van der Waals surface area contributed by atoms with Crippen LogP contribution in [0.3, 0.4) is 0 Å². The van der Waals surface area contributed by atoms with E-state index in [0.717, 1.165) is 0 Å². The van der Waals surface area contributed by atoms with Gasteiger partial charge in [0.15, 0.2) is 0 Å². The predicted octanol–water partition coefficient (Wildman–Crippen LogP) is 3.81. The minimum Gasteiger partial charge on any atom is -0.491 e. The number of nitriles is 1. The molecule has 2 aromatic carbocycles. The summed E-state index contributed by atoms with van der Waals surface area (Å²) < 4.78 is 30.6. The van der Waals surface area contributed by atoms with Gasteiger partial charge in [0.1, 0.15) is 16.7 Å². The molecule has 0 radical (unpaired) electrons. The maximum absolute atomic E-state index is 12.5. The molecule has 0 saturated carbocycles. The van der Waals surface area contributed by atoms with Crippen LogP contribution < -0.4 is 4.74 Å². The third-order valence-electron chi connectivity index (χ3n) is 2.98. The average Bonchev–Trinajstić information content (AvgIpc) is 2.53. The van der Waals surface area contributed by atoms with Crippen LogP contribution in [-0.4, -0.2) is 14.5 Å². The van der Waals surface area contributed by atoms with Crippen molar-refractivity contribution in [2.75, 3.05) is 0 Å². The second kappa shape index (κ2) is 7.12. The van der Waals surface area contributed by atoms with E-state index in [4.69, 9.17) is 4.74 Å². The Morgan fingerprint density at radius 3 is 2.43 bits per heavy atom. The molecular formula is C18H17NO3S. The number of ether oxygens (including phenoxy) is 1. The summed E-state index contributed by atoms with van der Waals surface area (Å²) in [6, 6.07) is 16.7. The van der Waals surface area contributed by atoms with Crippen LogP contribution in [-0.2, 0) is 9.84 Å². The highest BCUT2D eigenvalue weighted by Crippen LogP contribution is 2.23. The zero-order valence-electron chi connectivity index (χ0n) is 12.9. The first-order chi connectivity index (χ1) is 10.9. The fourth-order valence-electron chi connectivity index (χ4n) is 2.00. The lowest BCUT2D eigenvalue weighted by Gasteiger charge is -2.10. The summed E-state index contributed by atoms with van der Waals surface area (Å²) in [6.45, 7) is 3.81. The molecule has 4 nitrogen and oxygen atoms in total. The summed E-state index contributed by atoms with van der Waals surface area (Å²) in [6.07, 6.45) is 1.37. The summed E-state index contributed by atoms with van der Waals surface area (Å²) in [5, 5.41) is 9.27. The lowest BCUT2D eigenvalue weighted by Crippen LogP contribution is -2.05. The van der Waals surface area contributed by atoms with E-state index in [9.17, 15) is 13.7 Å². The van der Waals surface area contributed by atoms with E-state index in [1.165, 1.54) is 18.2 Å². The van der Waals surface area contributed by atoms with E-state index in [0.29, 0.717) is 11.3 Å². The van der Waals surface area contributed by atoms with E-state index in [1.807, 2.05) is 13.8 Å². The van der Waals surface area contributed by atoms with Gasteiger partial charge >= 0.3 is 0 Å². The molecule has 0 saturated heterocycles. The first kappa shape index (κ1) is 16.8. The van der Waals surface area contributed by atoms with Gasteiger partial charge < -0.3 is 4.74 Å². The van der Waals surface area contributed by atoms with E-state index in [2.05, 4.69) is 0 Å². The Labute approximate surface area is 136 Å². The van der Waals surface area contributed by atoms with Crippen molar-refractivity contribution in [3.8, 4) is 11.8 Å². The third kappa shape index (κ3) is 4.21. The van der Waals surface area contributed by atoms with E-state index in [-0.39, 0.29) is 15.9 Å². The molecule has 0 aliphatic rings. The van der Waals surface area contributed by atoms with Gasteiger partial charge in [-0.2, -0.15) is 5.26 Å². The predicted molar refractivity (Wildman–Crippen MR) is 89.4 cm³/mol.